The Kier molecular flexibility index (Phi) is 5.52. The van der Waals surface area contributed by atoms with Gasteiger partial charge in [-0.2, -0.15) is 0 Å². The number of piperazine rings is 1. The first-order valence-corrected chi connectivity index (χ1v) is 12.1. The monoisotopic (exact) mass is 446 g/mol. The van der Waals surface area contributed by atoms with E-state index in [2.05, 4.69) is 14.6 Å². The lowest BCUT2D eigenvalue weighted by Crippen LogP contribution is -2.48. The number of methoxy groups -OCH3 is 1. The summed E-state index contributed by atoms with van der Waals surface area (Å²) >= 11 is 1.21. The van der Waals surface area contributed by atoms with Gasteiger partial charge in [0.25, 0.3) is 5.91 Å². The number of sulfonamides is 1. The minimum absolute atomic E-state index is 0.0341. The number of benzene rings is 2. The van der Waals surface area contributed by atoms with Gasteiger partial charge in [0.05, 0.1) is 23.6 Å². The normalized spacial score (nSPS) is 14.7. The number of carbonyl (C=O) groups excluding carboxylic acids is 1. The van der Waals surface area contributed by atoms with Gasteiger partial charge < -0.3 is 14.5 Å². The third-order valence-corrected chi connectivity index (χ3v) is 6.52. The van der Waals surface area contributed by atoms with Crippen molar-refractivity contribution in [1.82, 2.24) is 9.88 Å². The third kappa shape index (κ3) is 4.49. The molecule has 0 saturated carbocycles. The Balaban J connectivity index is 1.45. The SMILES string of the molecule is COc1cccc(N2CCN(C(=O)c3ccc4nc(NS(C)(=O)=O)sc4c3)CC2)c1. The van der Waals surface area contributed by atoms with Gasteiger partial charge >= 0.3 is 0 Å². The van der Waals surface area contributed by atoms with Crippen molar-refractivity contribution < 1.29 is 17.9 Å². The summed E-state index contributed by atoms with van der Waals surface area (Å²) in [7, 11) is -1.74. The van der Waals surface area contributed by atoms with Gasteiger partial charge in [0.2, 0.25) is 10.0 Å². The molecule has 30 heavy (non-hydrogen) atoms. The molecular formula is C20H22N4O4S2. The number of amides is 1. The van der Waals surface area contributed by atoms with Crippen molar-refractivity contribution >= 4 is 48.3 Å². The van der Waals surface area contributed by atoms with Crippen LogP contribution in [0.4, 0.5) is 10.8 Å². The van der Waals surface area contributed by atoms with E-state index in [0.717, 1.165) is 35.5 Å². The number of anilines is 2. The second-order valence-electron chi connectivity index (χ2n) is 7.06. The van der Waals surface area contributed by atoms with Crippen molar-refractivity contribution in [1.29, 1.82) is 0 Å². The van der Waals surface area contributed by atoms with Crippen molar-refractivity contribution in [2.24, 2.45) is 0 Å². The summed E-state index contributed by atoms with van der Waals surface area (Å²) < 4.78 is 31.3. The van der Waals surface area contributed by atoms with Crippen LogP contribution in [-0.2, 0) is 10.0 Å². The molecule has 4 rings (SSSR count). The molecule has 0 bridgehead atoms. The van der Waals surface area contributed by atoms with Crippen LogP contribution in [0.2, 0.25) is 0 Å². The largest absolute Gasteiger partial charge is 0.497 e. The zero-order chi connectivity index (χ0) is 21.3. The highest BCUT2D eigenvalue weighted by molar-refractivity contribution is 7.92. The number of nitrogens with zero attached hydrogens (tertiary/aromatic N) is 3. The number of thiazole rings is 1. The molecule has 0 spiro atoms. The summed E-state index contributed by atoms with van der Waals surface area (Å²) in [6.07, 6.45) is 1.08. The molecule has 1 amide bonds. The average Bonchev–Trinajstić information content (AvgIpc) is 3.13. The number of ether oxygens (including phenoxy) is 1. The molecule has 2 heterocycles. The van der Waals surface area contributed by atoms with Crippen LogP contribution in [0, 0.1) is 0 Å². The molecule has 1 N–H and O–H groups in total. The van der Waals surface area contributed by atoms with E-state index in [9.17, 15) is 13.2 Å². The molecule has 0 aliphatic carbocycles. The Bertz CT molecular complexity index is 1180. The van der Waals surface area contributed by atoms with E-state index in [1.807, 2.05) is 29.2 Å². The lowest BCUT2D eigenvalue weighted by molar-refractivity contribution is 0.0747. The summed E-state index contributed by atoms with van der Waals surface area (Å²) in [5.74, 6) is 0.779. The number of hydrogen-bond acceptors (Lipinski definition) is 7. The second kappa shape index (κ2) is 8.11. The van der Waals surface area contributed by atoms with Crippen LogP contribution in [0.3, 0.4) is 0 Å². The Morgan fingerprint density at radius 1 is 1.13 bits per heavy atom. The Hall–Kier alpha value is -2.85. The van der Waals surface area contributed by atoms with Crippen LogP contribution in [-0.4, -0.2) is 63.8 Å². The van der Waals surface area contributed by atoms with Gasteiger partial charge in [-0.25, -0.2) is 13.4 Å². The molecule has 0 unspecified atom stereocenters. The standard InChI is InChI=1S/C20H22N4O4S2/c1-28-16-5-3-4-15(13-16)23-8-10-24(11-9-23)19(25)14-6-7-17-18(12-14)29-20(21-17)22-30(2,26)27/h3-7,12-13H,8-11H2,1-2H3,(H,21,22). The van der Waals surface area contributed by atoms with E-state index in [-0.39, 0.29) is 5.91 Å². The summed E-state index contributed by atoms with van der Waals surface area (Å²) in [5.41, 5.74) is 2.32. The van der Waals surface area contributed by atoms with Crippen LogP contribution in [0.15, 0.2) is 42.5 Å². The van der Waals surface area contributed by atoms with E-state index in [1.165, 1.54) is 11.3 Å². The fourth-order valence-electron chi connectivity index (χ4n) is 3.42. The van der Waals surface area contributed by atoms with Crippen molar-refractivity contribution in [3.05, 3.63) is 48.0 Å². The fourth-order valence-corrected chi connectivity index (χ4v) is 5.16. The topological polar surface area (TPSA) is 91.8 Å². The molecule has 0 atom stereocenters. The van der Waals surface area contributed by atoms with E-state index < -0.39 is 10.0 Å². The van der Waals surface area contributed by atoms with Crippen molar-refractivity contribution in [3.8, 4) is 5.75 Å². The number of fused-ring (bicyclic) bond motifs is 1. The zero-order valence-electron chi connectivity index (χ0n) is 16.7. The van der Waals surface area contributed by atoms with E-state index in [4.69, 9.17) is 4.74 Å². The molecule has 1 fully saturated rings. The van der Waals surface area contributed by atoms with Crippen LogP contribution in [0.1, 0.15) is 10.4 Å². The Morgan fingerprint density at radius 3 is 2.60 bits per heavy atom. The Labute approximate surface area is 179 Å². The van der Waals surface area contributed by atoms with Crippen molar-refractivity contribution in [2.45, 2.75) is 0 Å². The van der Waals surface area contributed by atoms with E-state index >= 15 is 0 Å². The number of aromatic nitrogens is 1. The first-order chi connectivity index (χ1) is 14.3. The van der Waals surface area contributed by atoms with Gasteiger partial charge in [-0.3, -0.25) is 9.52 Å². The molecule has 8 nitrogen and oxygen atoms in total. The second-order valence-corrected chi connectivity index (χ2v) is 9.84. The van der Waals surface area contributed by atoms with Crippen molar-refractivity contribution in [3.63, 3.8) is 0 Å². The van der Waals surface area contributed by atoms with Gasteiger partial charge in [-0.15, -0.1) is 0 Å². The number of rotatable bonds is 5. The molecule has 1 saturated heterocycles. The summed E-state index contributed by atoms with van der Waals surface area (Å²) in [6, 6.07) is 13.2. The lowest BCUT2D eigenvalue weighted by atomic mass is 10.1. The highest BCUT2D eigenvalue weighted by Crippen LogP contribution is 2.28. The molecule has 1 aliphatic heterocycles. The number of carbonyl (C=O) groups is 1. The van der Waals surface area contributed by atoms with E-state index in [1.54, 1.807) is 25.3 Å². The molecule has 2 aromatic carbocycles. The van der Waals surface area contributed by atoms with Gasteiger partial charge in [0.1, 0.15) is 5.75 Å². The van der Waals surface area contributed by atoms with Crippen LogP contribution < -0.4 is 14.4 Å². The molecule has 3 aromatic rings. The van der Waals surface area contributed by atoms with Gasteiger partial charge in [0.15, 0.2) is 5.13 Å². The summed E-state index contributed by atoms with van der Waals surface area (Å²) in [4.78, 5) is 21.3. The lowest BCUT2D eigenvalue weighted by Gasteiger charge is -2.36. The maximum atomic E-state index is 13.0. The van der Waals surface area contributed by atoms with E-state index in [0.29, 0.717) is 29.3 Å². The molecule has 158 valence electrons. The maximum Gasteiger partial charge on any atom is 0.254 e. The highest BCUT2D eigenvalue weighted by atomic mass is 32.2. The fraction of sp³-hybridized carbons (Fsp3) is 0.300. The summed E-state index contributed by atoms with van der Waals surface area (Å²) in [6.45, 7) is 2.73. The first kappa shape index (κ1) is 20.4. The van der Waals surface area contributed by atoms with Gasteiger partial charge in [0, 0.05) is 43.5 Å². The Morgan fingerprint density at radius 2 is 1.90 bits per heavy atom. The molecule has 1 aromatic heterocycles. The van der Waals surface area contributed by atoms with Crippen molar-refractivity contribution in [2.75, 3.05) is 49.2 Å². The summed E-state index contributed by atoms with van der Waals surface area (Å²) in [5, 5.41) is 0.295. The molecule has 10 heteroatoms. The number of hydrogen-bond donors (Lipinski definition) is 1. The molecule has 1 aliphatic rings. The predicted molar refractivity (Wildman–Crippen MR) is 119 cm³/mol. The molecule has 0 radical (unpaired) electrons. The van der Waals surface area contributed by atoms with Crippen LogP contribution in [0.5, 0.6) is 5.75 Å². The maximum absolute atomic E-state index is 13.0. The minimum atomic E-state index is -3.39. The highest BCUT2D eigenvalue weighted by Gasteiger charge is 2.23. The zero-order valence-corrected chi connectivity index (χ0v) is 18.3. The van der Waals surface area contributed by atoms with Crippen LogP contribution >= 0.6 is 11.3 Å². The average molecular weight is 447 g/mol. The molecular weight excluding hydrogens is 424 g/mol. The number of nitrogens with one attached hydrogen (secondary N) is 1. The quantitative estimate of drug-likeness (QED) is 0.648. The van der Waals surface area contributed by atoms with Gasteiger partial charge in [-0.1, -0.05) is 17.4 Å². The van der Waals surface area contributed by atoms with Crippen LogP contribution in [0.25, 0.3) is 10.2 Å². The predicted octanol–water partition coefficient (Wildman–Crippen LogP) is 2.64. The minimum Gasteiger partial charge on any atom is -0.497 e. The van der Waals surface area contributed by atoms with Gasteiger partial charge in [-0.05, 0) is 30.3 Å². The first-order valence-electron chi connectivity index (χ1n) is 9.39. The smallest absolute Gasteiger partial charge is 0.254 e. The third-order valence-electron chi connectivity index (χ3n) is 4.89.